The standard InChI is InChI=1S/C20H19NO3/c1-3-20(22)24-15-5-4-14-23-19-12-8-17(9-13-19)16-6-10-18(21-2)11-7-16/h3,6-13H,1,4-5,14-15H2. The minimum Gasteiger partial charge on any atom is -0.494 e. The Morgan fingerprint density at radius 3 is 2.17 bits per heavy atom. The molecule has 122 valence electrons. The maximum Gasteiger partial charge on any atom is 0.330 e. The van der Waals surface area contributed by atoms with E-state index in [2.05, 4.69) is 11.4 Å². The third kappa shape index (κ3) is 5.29. The number of esters is 1. The predicted molar refractivity (Wildman–Crippen MR) is 94.0 cm³/mol. The Balaban J connectivity index is 1.76. The summed E-state index contributed by atoms with van der Waals surface area (Å²) in [6.45, 7) is 11.3. The zero-order valence-electron chi connectivity index (χ0n) is 13.4. The van der Waals surface area contributed by atoms with Crippen molar-refractivity contribution in [3.05, 3.63) is 72.6 Å². The van der Waals surface area contributed by atoms with Crippen LogP contribution in [-0.2, 0) is 9.53 Å². The first kappa shape index (κ1) is 17.3. The number of carbonyl (C=O) groups excluding carboxylic acids is 1. The number of unbranched alkanes of at least 4 members (excludes halogenated alkanes) is 1. The average molecular weight is 321 g/mol. The Kier molecular flexibility index (Phi) is 6.60. The van der Waals surface area contributed by atoms with Crippen molar-refractivity contribution in [1.29, 1.82) is 0 Å². The Labute approximate surface area is 142 Å². The van der Waals surface area contributed by atoms with E-state index in [1.807, 2.05) is 48.5 Å². The van der Waals surface area contributed by atoms with Crippen molar-refractivity contribution in [3.63, 3.8) is 0 Å². The van der Waals surface area contributed by atoms with E-state index in [1.54, 1.807) is 0 Å². The summed E-state index contributed by atoms with van der Waals surface area (Å²) in [5.74, 6) is 0.413. The van der Waals surface area contributed by atoms with Crippen LogP contribution in [0.25, 0.3) is 16.0 Å². The van der Waals surface area contributed by atoms with Gasteiger partial charge in [-0.3, -0.25) is 0 Å². The highest BCUT2D eigenvalue weighted by molar-refractivity contribution is 5.81. The van der Waals surface area contributed by atoms with E-state index in [0.29, 0.717) is 18.9 Å². The molecule has 0 N–H and O–H groups in total. The van der Waals surface area contributed by atoms with Crippen LogP contribution in [0.15, 0.2) is 61.2 Å². The average Bonchev–Trinajstić information content (AvgIpc) is 2.65. The van der Waals surface area contributed by atoms with Gasteiger partial charge in [0, 0.05) is 6.08 Å². The summed E-state index contributed by atoms with van der Waals surface area (Å²) in [6.07, 6.45) is 2.72. The largest absolute Gasteiger partial charge is 0.494 e. The summed E-state index contributed by atoms with van der Waals surface area (Å²) in [5.41, 5.74) is 2.78. The van der Waals surface area contributed by atoms with Gasteiger partial charge in [-0.2, -0.15) is 0 Å². The fraction of sp³-hybridized carbons (Fsp3) is 0.200. The molecule has 2 aromatic carbocycles. The van der Waals surface area contributed by atoms with Crippen LogP contribution in [0.2, 0.25) is 0 Å². The van der Waals surface area contributed by atoms with Gasteiger partial charge in [0.2, 0.25) is 0 Å². The maximum atomic E-state index is 10.9. The lowest BCUT2D eigenvalue weighted by Crippen LogP contribution is -2.04. The molecule has 0 saturated heterocycles. The zero-order chi connectivity index (χ0) is 17.2. The second kappa shape index (κ2) is 9.16. The highest BCUT2D eigenvalue weighted by atomic mass is 16.5. The molecule has 0 aromatic heterocycles. The predicted octanol–water partition coefficient (Wildman–Crippen LogP) is 4.79. The Bertz CT molecular complexity index is 712. The first-order valence-corrected chi connectivity index (χ1v) is 7.73. The van der Waals surface area contributed by atoms with E-state index in [9.17, 15) is 4.79 Å². The monoisotopic (exact) mass is 321 g/mol. The second-order valence-corrected chi connectivity index (χ2v) is 5.11. The molecule has 2 aromatic rings. The summed E-state index contributed by atoms with van der Waals surface area (Å²) in [5, 5.41) is 0. The molecule has 0 radical (unpaired) electrons. The number of ether oxygens (including phenoxy) is 2. The first-order valence-electron chi connectivity index (χ1n) is 7.73. The lowest BCUT2D eigenvalue weighted by atomic mass is 10.1. The van der Waals surface area contributed by atoms with Gasteiger partial charge >= 0.3 is 5.97 Å². The molecule has 0 aliphatic rings. The fourth-order valence-electron chi connectivity index (χ4n) is 2.10. The highest BCUT2D eigenvalue weighted by Gasteiger charge is 2.00. The smallest absolute Gasteiger partial charge is 0.330 e. The van der Waals surface area contributed by atoms with E-state index in [1.165, 1.54) is 0 Å². The third-order valence-electron chi connectivity index (χ3n) is 3.40. The van der Waals surface area contributed by atoms with E-state index in [0.717, 1.165) is 35.8 Å². The normalized spacial score (nSPS) is 9.79. The maximum absolute atomic E-state index is 10.9. The van der Waals surface area contributed by atoms with Crippen molar-refractivity contribution in [2.45, 2.75) is 12.8 Å². The summed E-state index contributed by atoms with van der Waals surface area (Å²) in [7, 11) is 0. The van der Waals surface area contributed by atoms with Crippen LogP contribution in [0.4, 0.5) is 5.69 Å². The van der Waals surface area contributed by atoms with Crippen LogP contribution in [0.1, 0.15) is 12.8 Å². The SMILES string of the molecule is [C-]#[N+]c1ccc(-c2ccc(OCCCCOC(=O)C=C)cc2)cc1. The third-order valence-corrected chi connectivity index (χ3v) is 3.40. The zero-order valence-corrected chi connectivity index (χ0v) is 13.4. The molecule has 0 fully saturated rings. The lowest BCUT2D eigenvalue weighted by Gasteiger charge is -2.08. The van der Waals surface area contributed by atoms with Gasteiger partial charge in [0.05, 0.1) is 19.8 Å². The quantitative estimate of drug-likeness (QED) is 0.304. The number of benzene rings is 2. The lowest BCUT2D eigenvalue weighted by molar-refractivity contribution is -0.137. The number of rotatable bonds is 8. The van der Waals surface area contributed by atoms with Gasteiger partial charge < -0.3 is 9.47 Å². The minimum atomic E-state index is -0.393. The molecule has 2 rings (SSSR count). The van der Waals surface area contributed by atoms with Crippen LogP contribution in [0, 0.1) is 6.57 Å². The van der Waals surface area contributed by atoms with Crippen LogP contribution >= 0.6 is 0 Å². The molecule has 4 nitrogen and oxygen atoms in total. The van der Waals surface area contributed by atoms with Crippen molar-refractivity contribution < 1.29 is 14.3 Å². The van der Waals surface area contributed by atoms with E-state index < -0.39 is 5.97 Å². The molecule has 0 saturated carbocycles. The van der Waals surface area contributed by atoms with Gasteiger partial charge in [0.25, 0.3) is 0 Å². The van der Waals surface area contributed by atoms with Crippen molar-refractivity contribution in [3.8, 4) is 16.9 Å². The van der Waals surface area contributed by atoms with Crippen LogP contribution in [-0.4, -0.2) is 19.2 Å². The van der Waals surface area contributed by atoms with Gasteiger partial charge in [-0.15, -0.1) is 0 Å². The van der Waals surface area contributed by atoms with E-state index in [-0.39, 0.29) is 0 Å². The molecular formula is C20H19NO3. The molecule has 0 atom stereocenters. The molecule has 0 spiro atoms. The topological polar surface area (TPSA) is 39.9 Å². The number of carbonyl (C=O) groups is 1. The van der Waals surface area contributed by atoms with Gasteiger partial charge in [-0.1, -0.05) is 43.0 Å². The van der Waals surface area contributed by atoms with Crippen molar-refractivity contribution in [1.82, 2.24) is 0 Å². The van der Waals surface area contributed by atoms with E-state index in [4.69, 9.17) is 16.0 Å². The fourth-order valence-corrected chi connectivity index (χ4v) is 2.10. The first-order chi connectivity index (χ1) is 11.7. The number of nitrogens with zero attached hydrogens (tertiary/aromatic N) is 1. The summed E-state index contributed by atoms with van der Waals surface area (Å²) >= 11 is 0. The molecule has 0 unspecified atom stereocenters. The Morgan fingerprint density at radius 2 is 1.58 bits per heavy atom. The van der Waals surface area contributed by atoms with Gasteiger partial charge in [0.15, 0.2) is 5.69 Å². The molecule has 4 heteroatoms. The number of hydrogen-bond acceptors (Lipinski definition) is 3. The van der Waals surface area contributed by atoms with Crippen molar-refractivity contribution in [2.75, 3.05) is 13.2 Å². The minimum absolute atomic E-state index is 0.383. The molecule has 0 aliphatic heterocycles. The molecule has 0 heterocycles. The van der Waals surface area contributed by atoms with Gasteiger partial charge in [0.1, 0.15) is 5.75 Å². The molecule has 0 amide bonds. The molecule has 24 heavy (non-hydrogen) atoms. The summed E-state index contributed by atoms with van der Waals surface area (Å²) in [6, 6.07) is 15.3. The second-order valence-electron chi connectivity index (χ2n) is 5.11. The molecule has 0 bridgehead atoms. The van der Waals surface area contributed by atoms with Crippen LogP contribution in [0.3, 0.4) is 0 Å². The van der Waals surface area contributed by atoms with Crippen LogP contribution in [0.5, 0.6) is 5.75 Å². The van der Waals surface area contributed by atoms with Crippen molar-refractivity contribution >= 4 is 11.7 Å². The molecular weight excluding hydrogens is 302 g/mol. The van der Waals surface area contributed by atoms with E-state index >= 15 is 0 Å². The van der Waals surface area contributed by atoms with Crippen molar-refractivity contribution in [2.24, 2.45) is 0 Å². The van der Waals surface area contributed by atoms with Crippen LogP contribution < -0.4 is 4.74 Å². The molecule has 0 aliphatic carbocycles. The van der Waals surface area contributed by atoms with Gasteiger partial charge in [-0.25, -0.2) is 9.64 Å². The Hall–Kier alpha value is -3.06. The summed E-state index contributed by atoms with van der Waals surface area (Å²) in [4.78, 5) is 14.3. The highest BCUT2D eigenvalue weighted by Crippen LogP contribution is 2.24. The number of hydrogen-bond donors (Lipinski definition) is 0. The Morgan fingerprint density at radius 1 is 1.00 bits per heavy atom. The van der Waals surface area contributed by atoms with Gasteiger partial charge in [-0.05, 0) is 36.1 Å². The summed E-state index contributed by atoms with van der Waals surface area (Å²) < 4.78 is 10.6.